The van der Waals surface area contributed by atoms with E-state index in [2.05, 4.69) is 19.0 Å². The zero-order valence-electron chi connectivity index (χ0n) is 7.00. The third-order valence-corrected chi connectivity index (χ3v) is 1.97. The van der Waals surface area contributed by atoms with E-state index >= 15 is 0 Å². The van der Waals surface area contributed by atoms with Crippen molar-refractivity contribution in [2.45, 2.75) is 32.7 Å². The lowest BCUT2D eigenvalue weighted by atomic mass is 10.0. The molecule has 1 rings (SSSR count). The number of nitrogens with two attached hydrogens (primary N) is 1. The fourth-order valence-corrected chi connectivity index (χ4v) is 1.02. The molecule has 0 fully saturated rings. The second-order valence-corrected chi connectivity index (χ2v) is 2.74. The molecule has 0 radical (unpaired) electrons. The number of rotatable bonds is 3. The Morgan fingerprint density at radius 1 is 1.73 bits per heavy atom. The molecule has 0 aliphatic heterocycles. The molecule has 0 amide bonds. The molecule has 1 aromatic heterocycles. The predicted molar refractivity (Wildman–Crippen MR) is 43.1 cm³/mol. The van der Waals surface area contributed by atoms with Crippen LogP contribution in [0.2, 0.25) is 0 Å². The summed E-state index contributed by atoms with van der Waals surface area (Å²) in [5.41, 5.74) is 7.52. The van der Waals surface area contributed by atoms with Crippen LogP contribution in [0.15, 0.2) is 10.8 Å². The molecule has 0 aliphatic carbocycles. The van der Waals surface area contributed by atoms with Gasteiger partial charge in [-0.05, 0) is 6.42 Å². The summed E-state index contributed by atoms with van der Waals surface area (Å²) in [5, 5.41) is 3.90. The molecular formula is C8H14N2O. The fourth-order valence-electron chi connectivity index (χ4n) is 1.02. The average molecular weight is 154 g/mol. The molecule has 1 aromatic rings. The largest absolute Gasteiger partial charge is 0.364 e. The van der Waals surface area contributed by atoms with Gasteiger partial charge in [0, 0.05) is 18.0 Å². The summed E-state index contributed by atoms with van der Waals surface area (Å²) in [6, 6.07) is 0. The molecule has 1 unspecified atom stereocenters. The van der Waals surface area contributed by atoms with Crippen molar-refractivity contribution in [1.82, 2.24) is 5.16 Å². The maximum Gasteiger partial charge on any atom is 0.128 e. The van der Waals surface area contributed by atoms with E-state index < -0.39 is 0 Å². The molecule has 62 valence electrons. The molecule has 0 aliphatic rings. The predicted octanol–water partition coefficient (Wildman–Crippen LogP) is 1.65. The molecule has 3 heteroatoms. The highest BCUT2D eigenvalue weighted by Gasteiger charge is 2.11. The lowest BCUT2D eigenvalue weighted by Crippen LogP contribution is -2.01. The first-order chi connectivity index (χ1) is 5.29. The average Bonchev–Trinajstić information content (AvgIpc) is 2.50. The van der Waals surface area contributed by atoms with Gasteiger partial charge < -0.3 is 10.3 Å². The first kappa shape index (κ1) is 8.27. The molecule has 1 atom stereocenters. The molecule has 0 saturated carbocycles. The lowest BCUT2D eigenvalue weighted by molar-refractivity contribution is 0.405. The highest BCUT2D eigenvalue weighted by Crippen LogP contribution is 2.20. The standard InChI is InChI=1S/C8H14N2O/c1-3-6(2)8-7(4-9)5-11-10-8/h5-6H,3-4,9H2,1-2H3. The first-order valence-corrected chi connectivity index (χ1v) is 3.92. The summed E-state index contributed by atoms with van der Waals surface area (Å²) in [6.07, 6.45) is 2.70. The van der Waals surface area contributed by atoms with Crippen LogP contribution in [0.5, 0.6) is 0 Å². The van der Waals surface area contributed by atoms with E-state index in [0.29, 0.717) is 12.5 Å². The van der Waals surface area contributed by atoms with Crippen molar-refractivity contribution < 1.29 is 4.52 Å². The van der Waals surface area contributed by atoms with Crippen molar-refractivity contribution in [2.24, 2.45) is 5.73 Å². The Morgan fingerprint density at radius 3 is 3.00 bits per heavy atom. The van der Waals surface area contributed by atoms with Crippen LogP contribution < -0.4 is 5.73 Å². The third kappa shape index (κ3) is 1.60. The Balaban J connectivity index is 2.83. The summed E-state index contributed by atoms with van der Waals surface area (Å²) in [6.45, 7) is 4.76. The van der Waals surface area contributed by atoms with Gasteiger partial charge >= 0.3 is 0 Å². The summed E-state index contributed by atoms with van der Waals surface area (Å²) >= 11 is 0. The number of aromatic nitrogens is 1. The van der Waals surface area contributed by atoms with Crippen LogP contribution in [0, 0.1) is 0 Å². The van der Waals surface area contributed by atoms with Gasteiger partial charge in [0.1, 0.15) is 6.26 Å². The van der Waals surface area contributed by atoms with Gasteiger partial charge in [0.05, 0.1) is 5.69 Å². The maximum atomic E-state index is 5.49. The Kier molecular flexibility index (Phi) is 2.65. The summed E-state index contributed by atoms with van der Waals surface area (Å²) in [5.74, 6) is 0.451. The second-order valence-electron chi connectivity index (χ2n) is 2.74. The first-order valence-electron chi connectivity index (χ1n) is 3.92. The van der Waals surface area contributed by atoms with Gasteiger partial charge in [-0.15, -0.1) is 0 Å². The Hall–Kier alpha value is -0.830. The molecule has 1 heterocycles. The van der Waals surface area contributed by atoms with Crippen molar-refractivity contribution >= 4 is 0 Å². The summed E-state index contributed by atoms with van der Waals surface area (Å²) < 4.78 is 4.83. The molecule has 0 spiro atoms. The number of hydrogen-bond acceptors (Lipinski definition) is 3. The van der Waals surface area contributed by atoms with Crippen molar-refractivity contribution in [3.8, 4) is 0 Å². The zero-order valence-corrected chi connectivity index (χ0v) is 7.00. The highest BCUT2D eigenvalue weighted by molar-refractivity contribution is 5.17. The summed E-state index contributed by atoms with van der Waals surface area (Å²) in [4.78, 5) is 0. The molecule has 2 N–H and O–H groups in total. The van der Waals surface area contributed by atoms with E-state index in [-0.39, 0.29) is 0 Å². The van der Waals surface area contributed by atoms with E-state index in [1.165, 1.54) is 0 Å². The molecular weight excluding hydrogens is 140 g/mol. The smallest absolute Gasteiger partial charge is 0.128 e. The summed E-state index contributed by atoms with van der Waals surface area (Å²) in [7, 11) is 0. The van der Waals surface area contributed by atoms with E-state index in [0.717, 1.165) is 17.7 Å². The minimum absolute atomic E-state index is 0.451. The molecule has 0 bridgehead atoms. The minimum atomic E-state index is 0.451. The third-order valence-electron chi connectivity index (χ3n) is 1.97. The van der Waals surface area contributed by atoms with Crippen molar-refractivity contribution in [3.05, 3.63) is 17.5 Å². The SMILES string of the molecule is CCC(C)c1nocc1CN. The van der Waals surface area contributed by atoms with Crippen LogP contribution in [-0.4, -0.2) is 5.16 Å². The topological polar surface area (TPSA) is 52.0 Å². The quantitative estimate of drug-likeness (QED) is 0.720. The van der Waals surface area contributed by atoms with Crippen LogP contribution in [0.1, 0.15) is 37.4 Å². The van der Waals surface area contributed by atoms with E-state index in [9.17, 15) is 0 Å². The molecule has 0 aromatic carbocycles. The van der Waals surface area contributed by atoms with Crippen molar-refractivity contribution in [3.63, 3.8) is 0 Å². The Labute approximate surface area is 66.6 Å². The monoisotopic (exact) mass is 154 g/mol. The normalized spacial score (nSPS) is 13.4. The molecule has 11 heavy (non-hydrogen) atoms. The molecule has 0 saturated heterocycles. The van der Waals surface area contributed by atoms with Crippen LogP contribution in [0.25, 0.3) is 0 Å². The Bertz CT molecular complexity index is 220. The van der Waals surface area contributed by atoms with Crippen molar-refractivity contribution in [1.29, 1.82) is 0 Å². The van der Waals surface area contributed by atoms with Gasteiger partial charge in [-0.2, -0.15) is 0 Å². The van der Waals surface area contributed by atoms with Crippen molar-refractivity contribution in [2.75, 3.05) is 0 Å². The van der Waals surface area contributed by atoms with Gasteiger partial charge in [0.25, 0.3) is 0 Å². The van der Waals surface area contributed by atoms with Gasteiger partial charge in [0.2, 0.25) is 0 Å². The van der Waals surface area contributed by atoms with Crippen LogP contribution in [0.3, 0.4) is 0 Å². The fraction of sp³-hybridized carbons (Fsp3) is 0.625. The van der Waals surface area contributed by atoms with Gasteiger partial charge in [-0.3, -0.25) is 0 Å². The number of nitrogens with zero attached hydrogens (tertiary/aromatic N) is 1. The van der Waals surface area contributed by atoms with Crippen LogP contribution in [-0.2, 0) is 6.54 Å². The zero-order chi connectivity index (χ0) is 8.27. The molecule has 3 nitrogen and oxygen atoms in total. The van der Waals surface area contributed by atoms with Gasteiger partial charge in [-0.1, -0.05) is 19.0 Å². The van der Waals surface area contributed by atoms with E-state index in [1.54, 1.807) is 6.26 Å². The highest BCUT2D eigenvalue weighted by atomic mass is 16.5. The van der Waals surface area contributed by atoms with Crippen LogP contribution in [0.4, 0.5) is 0 Å². The van der Waals surface area contributed by atoms with Crippen LogP contribution >= 0.6 is 0 Å². The van der Waals surface area contributed by atoms with E-state index in [4.69, 9.17) is 10.3 Å². The minimum Gasteiger partial charge on any atom is -0.364 e. The number of hydrogen-bond donors (Lipinski definition) is 1. The van der Waals surface area contributed by atoms with Gasteiger partial charge in [0.15, 0.2) is 0 Å². The maximum absolute atomic E-state index is 5.49. The van der Waals surface area contributed by atoms with Gasteiger partial charge in [-0.25, -0.2) is 0 Å². The second kappa shape index (κ2) is 3.53. The van der Waals surface area contributed by atoms with E-state index in [1.807, 2.05) is 0 Å². The Morgan fingerprint density at radius 2 is 2.45 bits per heavy atom. The lowest BCUT2D eigenvalue weighted by Gasteiger charge is -2.04.